The van der Waals surface area contributed by atoms with Crippen LogP contribution in [-0.2, 0) is 0 Å². The van der Waals surface area contributed by atoms with Gasteiger partial charge < -0.3 is 10.6 Å². The maximum Gasteiger partial charge on any atom is 0.00769 e. The highest BCUT2D eigenvalue weighted by Crippen LogP contribution is 2.39. The van der Waals surface area contributed by atoms with Crippen LogP contribution < -0.4 is 10.6 Å². The second kappa shape index (κ2) is 4.63. The van der Waals surface area contributed by atoms with Gasteiger partial charge in [0.15, 0.2) is 0 Å². The summed E-state index contributed by atoms with van der Waals surface area (Å²) >= 11 is 0. The molecule has 0 amide bonds. The highest BCUT2D eigenvalue weighted by atomic mass is 15.0. The zero-order valence-corrected chi connectivity index (χ0v) is 9.44. The van der Waals surface area contributed by atoms with Crippen LogP contribution in [0.3, 0.4) is 0 Å². The Labute approximate surface area is 87.8 Å². The van der Waals surface area contributed by atoms with E-state index < -0.39 is 0 Å². The molecule has 2 heteroatoms. The number of hydrogen-bond donors (Lipinski definition) is 2. The van der Waals surface area contributed by atoms with Gasteiger partial charge in [-0.3, -0.25) is 0 Å². The molecule has 0 saturated heterocycles. The lowest BCUT2D eigenvalue weighted by Gasteiger charge is -2.38. The van der Waals surface area contributed by atoms with E-state index in [0.717, 1.165) is 19.0 Å². The minimum atomic E-state index is 0.635. The van der Waals surface area contributed by atoms with Gasteiger partial charge in [0.25, 0.3) is 0 Å². The Morgan fingerprint density at radius 1 is 1.14 bits per heavy atom. The summed E-state index contributed by atoms with van der Waals surface area (Å²) in [5, 5.41) is 7.07. The maximum atomic E-state index is 3.56. The molecule has 0 aromatic carbocycles. The molecule has 0 bridgehead atoms. The van der Waals surface area contributed by atoms with E-state index >= 15 is 0 Å². The highest BCUT2D eigenvalue weighted by Gasteiger charge is 2.30. The van der Waals surface area contributed by atoms with Gasteiger partial charge in [0, 0.05) is 19.6 Å². The lowest BCUT2D eigenvalue weighted by atomic mass is 9.70. The fraction of sp³-hybridized carbons (Fsp3) is 1.00. The molecule has 2 saturated carbocycles. The lowest BCUT2D eigenvalue weighted by Crippen LogP contribution is -2.39. The van der Waals surface area contributed by atoms with E-state index in [1.165, 1.54) is 45.2 Å². The van der Waals surface area contributed by atoms with Gasteiger partial charge in [-0.1, -0.05) is 13.3 Å². The van der Waals surface area contributed by atoms with Crippen molar-refractivity contribution >= 4 is 0 Å². The SMILES string of the molecule is CC1(CNCCNCC2CC2)CCC1. The van der Waals surface area contributed by atoms with E-state index in [2.05, 4.69) is 17.6 Å². The molecule has 14 heavy (non-hydrogen) atoms. The molecule has 2 rings (SSSR count). The van der Waals surface area contributed by atoms with Crippen molar-refractivity contribution in [3.05, 3.63) is 0 Å². The van der Waals surface area contributed by atoms with Crippen molar-refractivity contribution in [1.29, 1.82) is 0 Å². The van der Waals surface area contributed by atoms with E-state index in [4.69, 9.17) is 0 Å². The molecule has 0 aromatic heterocycles. The Balaban J connectivity index is 1.39. The Morgan fingerprint density at radius 3 is 2.43 bits per heavy atom. The van der Waals surface area contributed by atoms with Gasteiger partial charge >= 0.3 is 0 Å². The van der Waals surface area contributed by atoms with E-state index in [-0.39, 0.29) is 0 Å². The summed E-state index contributed by atoms with van der Waals surface area (Å²) < 4.78 is 0. The van der Waals surface area contributed by atoms with E-state index in [1.54, 1.807) is 0 Å². The second-order valence-corrected chi connectivity index (χ2v) is 5.49. The van der Waals surface area contributed by atoms with Gasteiger partial charge in [-0.05, 0) is 43.6 Å². The van der Waals surface area contributed by atoms with Crippen LogP contribution in [0.25, 0.3) is 0 Å². The molecule has 2 N–H and O–H groups in total. The van der Waals surface area contributed by atoms with Crippen molar-refractivity contribution < 1.29 is 0 Å². The molecular formula is C12H24N2. The second-order valence-electron chi connectivity index (χ2n) is 5.49. The third kappa shape index (κ3) is 3.25. The van der Waals surface area contributed by atoms with Crippen LogP contribution in [0.1, 0.15) is 39.0 Å². The summed E-state index contributed by atoms with van der Waals surface area (Å²) in [5.41, 5.74) is 0.635. The molecule has 0 atom stereocenters. The van der Waals surface area contributed by atoms with E-state index in [9.17, 15) is 0 Å². The summed E-state index contributed by atoms with van der Waals surface area (Å²) in [4.78, 5) is 0. The predicted octanol–water partition coefficient (Wildman–Crippen LogP) is 1.77. The number of rotatable bonds is 7. The molecule has 82 valence electrons. The van der Waals surface area contributed by atoms with Gasteiger partial charge in [0.1, 0.15) is 0 Å². The first-order valence-corrected chi connectivity index (χ1v) is 6.20. The highest BCUT2D eigenvalue weighted by molar-refractivity contribution is 4.85. The zero-order chi connectivity index (χ0) is 9.86. The molecule has 2 aliphatic carbocycles. The van der Waals surface area contributed by atoms with Crippen molar-refractivity contribution in [3.8, 4) is 0 Å². The van der Waals surface area contributed by atoms with E-state index in [0.29, 0.717) is 5.41 Å². The number of hydrogen-bond acceptors (Lipinski definition) is 2. The van der Waals surface area contributed by atoms with Crippen molar-refractivity contribution in [2.24, 2.45) is 11.3 Å². The third-order valence-electron chi connectivity index (χ3n) is 3.72. The molecule has 0 unspecified atom stereocenters. The van der Waals surface area contributed by atoms with Crippen LogP contribution >= 0.6 is 0 Å². The third-order valence-corrected chi connectivity index (χ3v) is 3.72. The summed E-state index contributed by atoms with van der Waals surface area (Å²) in [5.74, 6) is 1.01. The lowest BCUT2D eigenvalue weighted by molar-refractivity contribution is 0.157. The molecule has 0 radical (unpaired) electrons. The van der Waals surface area contributed by atoms with Crippen molar-refractivity contribution in [2.75, 3.05) is 26.2 Å². The summed E-state index contributed by atoms with van der Waals surface area (Å²) in [7, 11) is 0. The summed E-state index contributed by atoms with van der Waals surface area (Å²) in [6, 6.07) is 0. The van der Waals surface area contributed by atoms with Crippen LogP contribution in [0.15, 0.2) is 0 Å². The van der Waals surface area contributed by atoms with Gasteiger partial charge in [0.2, 0.25) is 0 Å². The minimum Gasteiger partial charge on any atom is -0.315 e. The van der Waals surface area contributed by atoms with Gasteiger partial charge in [0.05, 0.1) is 0 Å². The zero-order valence-electron chi connectivity index (χ0n) is 9.44. The van der Waals surface area contributed by atoms with E-state index in [1.807, 2.05) is 0 Å². The quantitative estimate of drug-likeness (QED) is 0.606. The fourth-order valence-corrected chi connectivity index (χ4v) is 2.15. The average Bonchev–Trinajstić information content (AvgIpc) is 2.91. The van der Waals surface area contributed by atoms with Crippen LogP contribution in [0.2, 0.25) is 0 Å². The monoisotopic (exact) mass is 196 g/mol. The summed E-state index contributed by atoms with van der Waals surface area (Å²) in [6.07, 6.45) is 7.21. The first-order chi connectivity index (χ1) is 6.79. The van der Waals surface area contributed by atoms with Crippen molar-refractivity contribution in [3.63, 3.8) is 0 Å². The van der Waals surface area contributed by atoms with Crippen LogP contribution in [0.5, 0.6) is 0 Å². The Kier molecular flexibility index (Phi) is 3.45. The molecule has 0 heterocycles. The van der Waals surface area contributed by atoms with Gasteiger partial charge in [-0.25, -0.2) is 0 Å². The Bertz CT molecular complexity index is 171. The summed E-state index contributed by atoms with van der Waals surface area (Å²) in [6.45, 7) is 7.16. The van der Waals surface area contributed by atoms with Crippen LogP contribution in [0, 0.1) is 11.3 Å². The topological polar surface area (TPSA) is 24.1 Å². The molecular weight excluding hydrogens is 172 g/mol. The van der Waals surface area contributed by atoms with Crippen LogP contribution in [0.4, 0.5) is 0 Å². The normalized spacial score (nSPS) is 24.6. The predicted molar refractivity (Wildman–Crippen MR) is 60.4 cm³/mol. The molecule has 2 nitrogen and oxygen atoms in total. The largest absolute Gasteiger partial charge is 0.315 e. The number of nitrogens with one attached hydrogen (secondary N) is 2. The fourth-order valence-electron chi connectivity index (χ4n) is 2.15. The Hall–Kier alpha value is -0.0800. The molecule has 0 spiro atoms. The van der Waals surface area contributed by atoms with Crippen molar-refractivity contribution in [1.82, 2.24) is 10.6 Å². The maximum absolute atomic E-state index is 3.56. The Morgan fingerprint density at radius 2 is 1.86 bits per heavy atom. The average molecular weight is 196 g/mol. The first kappa shape index (κ1) is 10.4. The van der Waals surface area contributed by atoms with Crippen molar-refractivity contribution in [2.45, 2.75) is 39.0 Å². The van der Waals surface area contributed by atoms with Gasteiger partial charge in [-0.2, -0.15) is 0 Å². The van der Waals surface area contributed by atoms with Crippen LogP contribution in [-0.4, -0.2) is 26.2 Å². The van der Waals surface area contributed by atoms with Gasteiger partial charge in [-0.15, -0.1) is 0 Å². The molecule has 0 aromatic rings. The first-order valence-electron chi connectivity index (χ1n) is 6.20. The standard InChI is InChI=1S/C12H24N2/c1-12(5-2-6-12)10-14-8-7-13-9-11-3-4-11/h11,13-14H,2-10H2,1H3. The molecule has 0 aliphatic heterocycles. The molecule has 2 fully saturated rings. The molecule has 2 aliphatic rings. The minimum absolute atomic E-state index is 0.635. The smallest absolute Gasteiger partial charge is 0.00769 e.